The molecular weight excluding hydrogens is 364 g/mol. The smallest absolute Gasteiger partial charge is 0.225 e. The highest BCUT2D eigenvalue weighted by Crippen LogP contribution is 2.56. The molecule has 27 heavy (non-hydrogen) atoms. The molecule has 0 unspecified atom stereocenters. The van der Waals surface area contributed by atoms with Crippen LogP contribution in [0.4, 0.5) is 0 Å². The molecule has 140 valence electrons. The topological polar surface area (TPSA) is 72.3 Å². The van der Waals surface area contributed by atoms with Gasteiger partial charge >= 0.3 is 0 Å². The molecular formula is C21H21ClN2O3. The van der Waals surface area contributed by atoms with Crippen LogP contribution < -0.4 is 4.74 Å². The Morgan fingerprint density at radius 3 is 2.70 bits per heavy atom. The Morgan fingerprint density at radius 1 is 1.30 bits per heavy atom. The van der Waals surface area contributed by atoms with Crippen molar-refractivity contribution in [2.24, 2.45) is 11.8 Å². The molecule has 0 saturated heterocycles. The number of aliphatic hydroxyl groups excluding tert-OH is 1. The maximum atomic E-state index is 12.8. The van der Waals surface area contributed by atoms with Gasteiger partial charge in [-0.25, -0.2) is 4.98 Å². The van der Waals surface area contributed by atoms with Crippen LogP contribution in [0.5, 0.6) is 5.88 Å². The van der Waals surface area contributed by atoms with E-state index in [-0.39, 0.29) is 22.9 Å². The van der Waals surface area contributed by atoms with Crippen molar-refractivity contribution in [2.45, 2.75) is 31.6 Å². The second-order valence-corrected chi connectivity index (χ2v) is 7.63. The van der Waals surface area contributed by atoms with Crippen molar-refractivity contribution in [3.05, 3.63) is 64.3 Å². The van der Waals surface area contributed by atoms with Gasteiger partial charge in [0.1, 0.15) is 0 Å². The first-order valence-electron chi connectivity index (χ1n) is 9.06. The summed E-state index contributed by atoms with van der Waals surface area (Å²) in [7, 11) is 1.58. The van der Waals surface area contributed by atoms with E-state index < -0.39 is 5.41 Å². The summed E-state index contributed by atoms with van der Waals surface area (Å²) in [6.45, 7) is 1.94. The van der Waals surface area contributed by atoms with Gasteiger partial charge in [-0.05, 0) is 42.3 Å². The summed E-state index contributed by atoms with van der Waals surface area (Å²) < 4.78 is 5.49. The molecule has 2 aliphatic rings. The number of halogens is 1. The summed E-state index contributed by atoms with van der Waals surface area (Å²) in [4.78, 5) is 21.7. The van der Waals surface area contributed by atoms with Crippen molar-refractivity contribution < 1.29 is 14.6 Å². The minimum atomic E-state index is -0.559. The maximum Gasteiger partial charge on any atom is 0.225 e. The summed E-state index contributed by atoms with van der Waals surface area (Å²) in [5, 5.41) is 9.89. The first kappa shape index (κ1) is 18.0. The van der Waals surface area contributed by atoms with Crippen molar-refractivity contribution in [3.63, 3.8) is 0 Å². The van der Waals surface area contributed by atoms with E-state index in [1.165, 1.54) is 0 Å². The summed E-state index contributed by atoms with van der Waals surface area (Å²) in [5.41, 5.74) is 2.66. The maximum absolute atomic E-state index is 12.8. The molecule has 0 spiro atoms. The monoisotopic (exact) mass is 384 g/mol. The predicted molar refractivity (Wildman–Crippen MR) is 102 cm³/mol. The number of carbonyl (C=O) groups excluding carboxylic acids is 1. The molecule has 1 fully saturated rings. The lowest BCUT2D eigenvalue weighted by molar-refractivity contribution is -0.123. The number of aromatic nitrogens is 2. The van der Waals surface area contributed by atoms with Gasteiger partial charge < -0.3 is 9.84 Å². The molecule has 4 rings (SSSR count). The zero-order valence-corrected chi connectivity index (χ0v) is 16.0. The van der Waals surface area contributed by atoms with Gasteiger partial charge in [0.15, 0.2) is 5.78 Å². The number of ether oxygens (including phenoxy) is 1. The lowest BCUT2D eigenvalue weighted by Gasteiger charge is -2.50. The van der Waals surface area contributed by atoms with E-state index in [1.54, 1.807) is 7.11 Å². The van der Waals surface area contributed by atoms with Crippen LogP contribution in [-0.4, -0.2) is 28.0 Å². The fourth-order valence-corrected chi connectivity index (χ4v) is 5.14. The third-order valence-electron chi connectivity index (χ3n) is 6.14. The molecule has 3 atom stereocenters. The summed E-state index contributed by atoms with van der Waals surface area (Å²) in [5.74, 6) is 0.312. The van der Waals surface area contributed by atoms with Gasteiger partial charge in [-0.1, -0.05) is 37.3 Å². The Hall–Kier alpha value is -2.40. The quantitative estimate of drug-likeness (QED) is 0.480. The number of fused-ring (bicyclic) bond motifs is 3. The molecule has 0 bridgehead atoms. The normalized spacial score (nSPS) is 28.6. The summed E-state index contributed by atoms with van der Waals surface area (Å²) >= 11 is 6.24. The highest BCUT2D eigenvalue weighted by molar-refractivity contribution is 6.28. The van der Waals surface area contributed by atoms with E-state index >= 15 is 0 Å². The van der Waals surface area contributed by atoms with Crippen LogP contribution in [0.25, 0.3) is 0 Å². The number of nitrogens with zero attached hydrogens (tertiary/aromatic N) is 2. The molecule has 1 N–H and O–H groups in total. The molecule has 6 heteroatoms. The molecule has 1 aromatic heterocycles. The number of carbonyl (C=O) groups is 1. The van der Waals surface area contributed by atoms with Gasteiger partial charge in [0, 0.05) is 22.5 Å². The number of allylic oxidation sites excluding steroid dienone is 1. The average Bonchev–Trinajstić information content (AvgIpc) is 2.70. The Kier molecular flexibility index (Phi) is 4.42. The van der Waals surface area contributed by atoms with E-state index in [4.69, 9.17) is 16.3 Å². The molecule has 0 radical (unpaired) electrons. The number of rotatable bonds is 2. The molecule has 1 heterocycles. The van der Waals surface area contributed by atoms with Gasteiger partial charge in [0.05, 0.1) is 19.1 Å². The van der Waals surface area contributed by atoms with Gasteiger partial charge in [-0.3, -0.25) is 4.79 Å². The lowest BCUT2D eigenvalue weighted by Crippen LogP contribution is -2.51. The largest absolute Gasteiger partial charge is 0.515 e. The third-order valence-corrected chi connectivity index (χ3v) is 6.31. The van der Waals surface area contributed by atoms with Gasteiger partial charge in [-0.15, -0.1) is 0 Å². The van der Waals surface area contributed by atoms with E-state index in [2.05, 4.69) is 22.1 Å². The van der Waals surface area contributed by atoms with E-state index in [1.807, 2.05) is 25.1 Å². The first-order chi connectivity index (χ1) is 13.0. The summed E-state index contributed by atoms with van der Waals surface area (Å²) in [6, 6.07) is 10.1. The number of methoxy groups -OCH3 is 1. The standard InChI is InChI=1S/C21H21ClN2O3/c1-12-16-9-8-15-18(23-20(22)24-19(15)27-2)21(16,10-13(11-25)17(12)26)14-6-4-3-5-7-14/h3-7,11-12,16,25H,8-10H2,1-2H3/b13-11-/t12-,16-,21+/m0/s1. The highest BCUT2D eigenvalue weighted by atomic mass is 35.5. The third kappa shape index (κ3) is 2.56. The molecule has 0 amide bonds. The summed E-state index contributed by atoms with van der Waals surface area (Å²) in [6.07, 6.45) is 2.87. The number of benzene rings is 1. The van der Waals surface area contributed by atoms with Crippen molar-refractivity contribution in [2.75, 3.05) is 7.11 Å². The minimum Gasteiger partial charge on any atom is -0.515 e. The number of Topliss-reactive ketones (excluding diaryl/α,β-unsaturated/α-hetero) is 1. The molecule has 2 aliphatic carbocycles. The number of hydrogen-bond acceptors (Lipinski definition) is 5. The molecule has 1 aromatic carbocycles. The van der Waals surface area contributed by atoms with Crippen LogP contribution in [-0.2, 0) is 16.6 Å². The second-order valence-electron chi connectivity index (χ2n) is 7.30. The highest BCUT2D eigenvalue weighted by Gasteiger charge is 2.55. The van der Waals surface area contributed by atoms with Crippen molar-refractivity contribution in [1.82, 2.24) is 9.97 Å². The minimum absolute atomic E-state index is 0.00428. The number of ketones is 1. The van der Waals surface area contributed by atoms with Crippen molar-refractivity contribution >= 4 is 17.4 Å². The lowest BCUT2D eigenvalue weighted by atomic mass is 9.52. The SMILES string of the molecule is COc1nc(Cl)nc2c1CC[C@H]1[C@H](C)C(=O)/C(=C\O)C[C@]21c1ccccc1. The fourth-order valence-electron chi connectivity index (χ4n) is 4.97. The Morgan fingerprint density at radius 2 is 2.04 bits per heavy atom. The van der Waals surface area contributed by atoms with Crippen LogP contribution in [0.15, 0.2) is 42.2 Å². The van der Waals surface area contributed by atoms with E-state index in [0.717, 1.165) is 35.9 Å². The zero-order valence-electron chi connectivity index (χ0n) is 15.3. The van der Waals surface area contributed by atoms with Gasteiger partial charge in [0.2, 0.25) is 11.2 Å². The second kappa shape index (κ2) is 6.64. The zero-order chi connectivity index (χ0) is 19.2. The molecule has 2 aromatic rings. The van der Waals surface area contributed by atoms with Crippen LogP contribution in [0.3, 0.4) is 0 Å². The average molecular weight is 385 g/mol. The van der Waals surface area contributed by atoms with Crippen molar-refractivity contribution in [3.8, 4) is 5.88 Å². The Bertz CT molecular complexity index is 929. The van der Waals surface area contributed by atoms with Crippen LogP contribution in [0.2, 0.25) is 5.28 Å². The molecule has 5 nitrogen and oxygen atoms in total. The van der Waals surface area contributed by atoms with Crippen LogP contribution in [0.1, 0.15) is 36.6 Å². The van der Waals surface area contributed by atoms with Crippen molar-refractivity contribution in [1.29, 1.82) is 0 Å². The van der Waals surface area contributed by atoms with Gasteiger partial charge in [-0.2, -0.15) is 4.98 Å². The molecule has 0 aliphatic heterocycles. The molecule has 1 saturated carbocycles. The number of aliphatic hydroxyl groups is 1. The van der Waals surface area contributed by atoms with Crippen LogP contribution >= 0.6 is 11.6 Å². The fraction of sp³-hybridized carbons (Fsp3) is 0.381. The van der Waals surface area contributed by atoms with Gasteiger partial charge in [0.25, 0.3) is 0 Å². The van der Waals surface area contributed by atoms with Crippen LogP contribution in [0, 0.1) is 11.8 Å². The first-order valence-corrected chi connectivity index (χ1v) is 9.44. The Labute approximate surface area is 163 Å². The Balaban J connectivity index is 2.06. The van der Waals surface area contributed by atoms with E-state index in [0.29, 0.717) is 17.9 Å². The predicted octanol–water partition coefficient (Wildman–Crippen LogP) is 4.04. The van der Waals surface area contributed by atoms with E-state index in [9.17, 15) is 9.90 Å². The number of hydrogen-bond donors (Lipinski definition) is 1.